The summed E-state index contributed by atoms with van der Waals surface area (Å²) in [7, 11) is 0. The molecular formula is C69H139NO3. The third kappa shape index (κ3) is 62.1. The van der Waals surface area contributed by atoms with Crippen molar-refractivity contribution in [2.75, 3.05) is 6.61 Å². The highest BCUT2D eigenvalue weighted by Gasteiger charge is 2.20. The van der Waals surface area contributed by atoms with Gasteiger partial charge in [-0.25, -0.2) is 0 Å². The molecule has 0 aromatic heterocycles. The fourth-order valence-electron chi connectivity index (χ4n) is 11.6. The second-order valence-corrected chi connectivity index (χ2v) is 24.3. The van der Waals surface area contributed by atoms with Crippen molar-refractivity contribution in [2.45, 2.75) is 431 Å². The summed E-state index contributed by atoms with van der Waals surface area (Å²) in [4.78, 5) is 12.6. The molecule has 0 bridgehead atoms. The van der Waals surface area contributed by atoms with E-state index in [-0.39, 0.29) is 12.5 Å². The van der Waals surface area contributed by atoms with E-state index in [2.05, 4.69) is 19.2 Å². The lowest BCUT2D eigenvalue weighted by atomic mass is 10.0. The fourth-order valence-corrected chi connectivity index (χ4v) is 11.6. The Labute approximate surface area is 461 Å². The van der Waals surface area contributed by atoms with Crippen LogP contribution in [-0.2, 0) is 4.79 Å². The molecule has 0 aliphatic rings. The van der Waals surface area contributed by atoms with Crippen LogP contribution in [0.2, 0.25) is 0 Å². The van der Waals surface area contributed by atoms with E-state index in [1.54, 1.807) is 0 Å². The zero-order valence-corrected chi connectivity index (χ0v) is 50.7. The number of amides is 1. The Morgan fingerprint density at radius 1 is 0.274 bits per heavy atom. The predicted molar refractivity (Wildman–Crippen MR) is 327 cm³/mol. The van der Waals surface area contributed by atoms with Crippen LogP contribution >= 0.6 is 0 Å². The van der Waals surface area contributed by atoms with Crippen molar-refractivity contribution in [3.8, 4) is 0 Å². The maximum atomic E-state index is 12.6. The number of carbonyl (C=O) groups excluding carboxylic acids is 1. The Morgan fingerprint density at radius 2 is 0.438 bits per heavy atom. The molecule has 0 fully saturated rings. The molecule has 0 heterocycles. The van der Waals surface area contributed by atoms with Crippen LogP contribution < -0.4 is 5.32 Å². The Morgan fingerprint density at radius 3 is 0.616 bits per heavy atom. The average Bonchev–Trinajstić information content (AvgIpc) is 3.40. The first kappa shape index (κ1) is 72.4. The lowest BCUT2D eigenvalue weighted by molar-refractivity contribution is -0.123. The van der Waals surface area contributed by atoms with Crippen LogP contribution in [0.4, 0.5) is 0 Å². The maximum Gasteiger partial charge on any atom is 0.220 e. The number of nitrogens with one attached hydrogen (secondary N) is 1. The van der Waals surface area contributed by atoms with E-state index in [1.165, 1.54) is 366 Å². The van der Waals surface area contributed by atoms with Crippen molar-refractivity contribution in [1.29, 1.82) is 0 Å². The van der Waals surface area contributed by atoms with Crippen LogP contribution in [0.5, 0.6) is 0 Å². The van der Waals surface area contributed by atoms with Crippen LogP contribution in [0.25, 0.3) is 0 Å². The molecule has 0 aromatic carbocycles. The summed E-state index contributed by atoms with van der Waals surface area (Å²) in [5, 5.41) is 23.5. The first-order valence-corrected chi connectivity index (χ1v) is 34.7. The highest BCUT2D eigenvalue weighted by atomic mass is 16.3. The molecule has 1 amide bonds. The summed E-state index contributed by atoms with van der Waals surface area (Å²) in [6, 6.07) is -0.533. The molecule has 0 spiro atoms. The summed E-state index contributed by atoms with van der Waals surface area (Å²) < 4.78 is 0. The molecule has 3 N–H and O–H groups in total. The summed E-state index contributed by atoms with van der Waals surface area (Å²) in [6.07, 6.45) is 85.9. The normalized spacial score (nSPS) is 12.5. The summed E-state index contributed by atoms with van der Waals surface area (Å²) in [6.45, 7) is 4.42. The molecule has 0 saturated carbocycles. The smallest absolute Gasteiger partial charge is 0.220 e. The first-order valence-electron chi connectivity index (χ1n) is 34.7. The van der Waals surface area contributed by atoms with Gasteiger partial charge in [-0.15, -0.1) is 0 Å². The van der Waals surface area contributed by atoms with E-state index in [0.29, 0.717) is 12.8 Å². The molecule has 2 atom stereocenters. The Balaban J connectivity index is 3.35. The molecule has 0 aliphatic heterocycles. The molecule has 438 valence electrons. The molecule has 4 nitrogen and oxygen atoms in total. The lowest BCUT2D eigenvalue weighted by Gasteiger charge is -2.22. The fraction of sp³-hybridized carbons (Fsp3) is 0.986. The number of rotatable bonds is 66. The van der Waals surface area contributed by atoms with Crippen molar-refractivity contribution in [2.24, 2.45) is 0 Å². The van der Waals surface area contributed by atoms with Crippen molar-refractivity contribution in [3.63, 3.8) is 0 Å². The van der Waals surface area contributed by atoms with Gasteiger partial charge in [0.1, 0.15) is 0 Å². The van der Waals surface area contributed by atoms with Crippen LogP contribution in [0.1, 0.15) is 418 Å². The van der Waals surface area contributed by atoms with E-state index < -0.39 is 12.1 Å². The van der Waals surface area contributed by atoms with E-state index >= 15 is 0 Å². The third-order valence-corrected chi connectivity index (χ3v) is 16.9. The average molecular weight is 1030 g/mol. The molecule has 0 rings (SSSR count). The summed E-state index contributed by atoms with van der Waals surface area (Å²) in [5.41, 5.74) is 0. The van der Waals surface area contributed by atoms with Crippen molar-refractivity contribution in [3.05, 3.63) is 0 Å². The third-order valence-electron chi connectivity index (χ3n) is 16.9. The van der Waals surface area contributed by atoms with E-state index in [1.807, 2.05) is 0 Å². The highest BCUT2D eigenvalue weighted by molar-refractivity contribution is 5.76. The second kappa shape index (κ2) is 65.7. The van der Waals surface area contributed by atoms with Gasteiger partial charge in [-0.2, -0.15) is 0 Å². The van der Waals surface area contributed by atoms with Gasteiger partial charge in [-0.05, 0) is 12.8 Å². The topological polar surface area (TPSA) is 69.6 Å². The van der Waals surface area contributed by atoms with Crippen molar-refractivity contribution in [1.82, 2.24) is 5.32 Å². The monoisotopic (exact) mass is 1030 g/mol. The van der Waals surface area contributed by atoms with Crippen LogP contribution in [-0.4, -0.2) is 34.9 Å². The maximum absolute atomic E-state index is 12.6. The van der Waals surface area contributed by atoms with E-state index in [4.69, 9.17) is 0 Å². The number of unbranched alkanes of at least 4 members (excludes halogenated alkanes) is 59. The molecule has 73 heavy (non-hydrogen) atoms. The zero-order valence-electron chi connectivity index (χ0n) is 50.7. The minimum atomic E-state index is -0.656. The number of aliphatic hydroxyl groups is 2. The van der Waals surface area contributed by atoms with Gasteiger partial charge in [0.15, 0.2) is 0 Å². The van der Waals surface area contributed by atoms with Gasteiger partial charge in [0.2, 0.25) is 5.91 Å². The number of hydrogen-bond donors (Lipinski definition) is 3. The van der Waals surface area contributed by atoms with Crippen LogP contribution in [0, 0.1) is 0 Å². The van der Waals surface area contributed by atoms with Gasteiger partial charge in [-0.3, -0.25) is 4.79 Å². The molecule has 0 aliphatic carbocycles. The zero-order chi connectivity index (χ0) is 52.7. The SMILES string of the molecule is CCCCCCCCCCCCCCCCCCCCCCCCCCCCCCCCCCCCCC(=O)NC(CO)C(O)CCCCCCCCCCCCCCCCCCCCCCCCCCCC. The minimum absolute atomic E-state index is 0.0193. The van der Waals surface area contributed by atoms with Crippen LogP contribution in [0.3, 0.4) is 0 Å². The largest absolute Gasteiger partial charge is 0.394 e. The first-order chi connectivity index (χ1) is 36.2. The van der Waals surface area contributed by atoms with Crippen LogP contribution in [0.15, 0.2) is 0 Å². The Kier molecular flexibility index (Phi) is 65.1. The molecule has 0 aromatic rings. The standard InChI is InChI=1S/C69H139NO3/c1-3-5-7-9-11-13-15-17-19-21-23-25-27-29-31-32-33-34-35-36-37-38-39-41-43-45-47-49-51-53-55-57-59-61-63-65-69(73)70-67(66-71)68(72)64-62-60-58-56-54-52-50-48-46-44-42-40-30-28-26-24-22-20-18-16-14-12-10-8-6-4-2/h67-68,71-72H,3-66H2,1-2H3,(H,70,73). The van der Waals surface area contributed by atoms with Crippen molar-refractivity contribution >= 4 is 5.91 Å². The Hall–Kier alpha value is -0.610. The lowest BCUT2D eigenvalue weighted by Crippen LogP contribution is -2.45. The molecule has 4 heteroatoms. The predicted octanol–water partition coefficient (Wildman–Crippen LogP) is 23.4. The van der Waals surface area contributed by atoms with Gasteiger partial charge in [-0.1, -0.05) is 399 Å². The van der Waals surface area contributed by atoms with Gasteiger partial charge in [0.25, 0.3) is 0 Å². The quantitative estimate of drug-likeness (QED) is 0.0532. The van der Waals surface area contributed by atoms with Gasteiger partial charge >= 0.3 is 0 Å². The van der Waals surface area contributed by atoms with E-state index in [0.717, 1.165) is 25.7 Å². The molecule has 0 saturated heterocycles. The van der Waals surface area contributed by atoms with Gasteiger partial charge in [0, 0.05) is 6.42 Å². The Bertz CT molecular complexity index is 987. The van der Waals surface area contributed by atoms with Crippen molar-refractivity contribution < 1.29 is 15.0 Å². The molecule has 2 unspecified atom stereocenters. The van der Waals surface area contributed by atoms with Gasteiger partial charge in [0.05, 0.1) is 18.8 Å². The highest BCUT2D eigenvalue weighted by Crippen LogP contribution is 2.20. The minimum Gasteiger partial charge on any atom is -0.394 e. The van der Waals surface area contributed by atoms with E-state index in [9.17, 15) is 15.0 Å². The molecular weight excluding hydrogens is 891 g/mol. The van der Waals surface area contributed by atoms with Gasteiger partial charge < -0.3 is 15.5 Å². The number of hydrogen-bond acceptors (Lipinski definition) is 3. The number of aliphatic hydroxyl groups excluding tert-OH is 2. The number of carbonyl (C=O) groups is 1. The summed E-state index contributed by atoms with van der Waals surface area (Å²) in [5.74, 6) is -0.0193. The molecule has 0 radical (unpaired) electrons. The second-order valence-electron chi connectivity index (χ2n) is 24.3. The summed E-state index contributed by atoms with van der Waals surface area (Å²) >= 11 is 0.